The van der Waals surface area contributed by atoms with Gasteiger partial charge in [0.2, 0.25) is 0 Å². The van der Waals surface area contributed by atoms with E-state index in [9.17, 15) is 0 Å². The van der Waals surface area contributed by atoms with Gasteiger partial charge in [0.05, 0.1) is 0 Å². The summed E-state index contributed by atoms with van der Waals surface area (Å²) in [5.41, 5.74) is 5.67. The molecule has 0 spiro atoms. The second kappa shape index (κ2) is 6.66. The van der Waals surface area contributed by atoms with Gasteiger partial charge in [0.25, 0.3) is 0 Å². The summed E-state index contributed by atoms with van der Waals surface area (Å²) in [5, 5.41) is 0. The summed E-state index contributed by atoms with van der Waals surface area (Å²) in [7, 11) is 1.92. The predicted molar refractivity (Wildman–Crippen MR) is 83.4 cm³/mol. The third-order valence-corrected chi connectivity index (χ3v) is 11.1. The Balaban J connectivity index is 0.00000144. The number of fused-ring (bicyclic) bond motifs is 2. The molecule has 0 aliphatic heterocycles. The molecule has 3 heteroatoms. The summed E-state index contributed by atoms with van der Waals surface area (Å²) >= 11 is -2.13. The Morgan fingerprint density at radius 1 is 0.773 bits per heavy atom. The number of allylic oxidation sites excluding steroid dienone is 2. The zero-order valence-electron chi connectivity index (χ0n) is 12.4. The molecule has 4 rings (SSSR count). The molecule has 2 aromatic rings. The largest absolute Gasteiger partial charge is 1.00 e. The van der Waals surface area contributed by atoms with Gasteiger partial charge in [-0.1, -0.05) is 0 Å². The molecule has 0 aromatic heterocycles. The second-order valence-electron chi connectivity index (χ2n) is 5.54. The zero-order chi connectivity index (χ0) is 14.2. The van der Waals surface area contributed by atoms with Crippen LogP contribution in [-0.2, 0) is 25.0 Å². The summed E-state index contributed by atoms with van der Waals surface area (Å²) in [6, 6.07) is 17.5. The van der Waals surface area contributed by atoms with Gasteiger partial charge in [-0.2, -0.15) is 0 Å². The van der Waals surface area contributed by atoms with Crippen LogP contribution in [0, 0.1) is 0 Å². The van der Waals surface area contributed by atoms with Crippen LogP contribution in [0.2, 0.25) is 0 Å². The Kier molecular flexibility index (Phi) is 4.82. The quantitative estimate of drug-likeness (QED) is 0.779. The number of rotatable bonds is 3. The normalized spacial score (nSPS) is 20.4. The van der Waals surface area contributed by atoms with Gasteiger partial charge in [0.15, 0.2) is 0 Å². The van der Waals surface area contributed by atoms with Crippen molar-refractivity contribution in [2.24, 2.45) is 0 Å². The maximum absolute atomic E-state index is 6.13. The minimum absolute atomic E-state index is 0. The smallest absolute Gasteiger partial charge is 1.00 e. The van der Waals surface area contributed by atoms with Crippen molar-refractivity contribution in [3.05, 3.63) is 82.9 Å². The van der Waals surface area contributed by atoms with Crippen molar-refractivity contribution in [1.82, 2.24) is 0 Å². The van der Waals surface area contributed by atoms with E-state index in [1.807, 2.05) is 7.11 Å². The first-order valence-electron chi connectivity index (χ1n) is 7.33. The van der Waals surface area contributed by atoms with Crippen LogP contribution in [0.4, 0.5) is 0 Å². The van der Waals surface area contributed by atoms with Crippen LogP contribution < -0.4 is 12.4 Å². The van der Waals surface area contributed by atoms with Gasteiger partial charge in [0.1, 0.15) is 0 Å². The molecule has 2 aromatic carbocycles. The van der Waals surface area contributed by atoms with E-state index >= 15 is 0 Å². The molecule has 0 saturated carbocycles. The number of hydrogen-bond donors (Lipinski definition) is 0. The topological polar surface area (TPSA) is 9.23 Å². The van der Waals surface area contributed by atoms with E-state index in [0.717, 1.165) is 0 Å². The van der Waals surface area contributed by atoms with Crippen molar-refractivity contribution >= 4 is 12.2 Å². The molecule has 0 fully saturated rings. The number of halogens is 1. The van der Waals surface area contributed by atoms with Crippen LogP contribution in [-0.4, -0.2) is 7.11 Å². The molecule has 110 valence electrons. The standard InChI is InChI=1S/2C9H7.CH3O.ClH.Zr/c2*1-2-5-9-7-3-6-8(9)4-1;1-2;;/h2*1-7H;1H3;1H;/q;;-1;;+2/p-1. The van der Waals surface area contributed by atoms with E-state index in [1.165, 1.54) is 22.3 Å². The fourth-order valence-corrected chi connectivity index (χ4v) is 9.85. The van der Waals surface area contributed by atoms with Gasteiger partial charge >= 0.3 is 134 Å². The van der Waals surface area contributed by atoms with Crippen molar-refractivity contribution in [2.75, 3.05) is 7.11 Å². The zero-order valence-corrected chi connectivity index (χ0v) is 15.6. The molecule has 2 unspecified atom stereocenters. The maximum Gasteiger partial charge on any atom is -1.00 e. The molecule has 0 saturated heterocycles. The summed E-state index contributed by atoms with van der Waals surface area (Å²) < 4.78 is 7.17. The first-order valence-corrected chi connectivity index (χ1v) is 11.2. The van der Waals surface area contributed by atoms with E-state index in [4.69, 9.17) is 2.81 Å². The SMILES string of the molecule is C[O][Zr+]([CH]1C=Cc2ccccc21)[CH]1C=Cc2ccccc21.[Cl-]. The van der Waals surface area contributed by atoms with Crippen molar-refractivity contribution in [1.29, 1.82) is 0 Å². The van der Waals surface area contributed by atoms with Gasteiger partial charge in [-0.05, 0) is 0 Å². The molecular formula is C19H17ClOZr. The number of hydrogen-bond acceptors (Lipinski definition) is 1. The molecule has 0 radical (unpaired) electrons. The fraction of sp³-hybridized carbons (Fsp3) is 0.158. The first kappa shape index (κ1) is 15.9. The summed E-state index contributed by atoms with van der Waals surface area (Å²) in [6.07, 6.45) is 9.28. The van der Waals surface area contributed by atoms with Crippen molar-refractivity contribution in [2.45, 2.75) is 7.25 Å². The molecule has 0 N–H and O–H groups in total. The monoisotopic (exact) mass is 386 g/mol. The molecule has 0 heterocycles. The third-order valence-electron chi connectivity index (χ3n) is 4.45. The van der Waals surface area contributed by atoms with Crippen molar-refractivity contribution < 1.29 is 37.4 Å². The van der Waals surface area contributed by atoms with E-state index in [-0.39, 0.29) is 12.4 Å². The Hall–Kier alpha value is -0.947. The molecular weight excluding hydrogens is 371 g/mol. The molecule has 0 amide bonds. The molecule has 1 nitrogen and oxygen atoms in total. The van der Waals surface area contributed by atoms with Crippen LogP contribution in [0.25, 0.3) is 12.2 Å². The molecule has 22 heavy (non-hydrogen) atoms. The van der Waals surface area contributed by atoms with Crippen LogP contribution in [0.15, 0.2) is 60.7 Å². The third kappa shape index (κ3) is 2.58. The Morgan fingerprint density at radius 2 is 1.23 bits per heavy atom. The maximum atomic E-state index is 6.13. The predicted octanol–water partition coefficient (Wildman–Crippen LogP) is 1.71. The fourth-order valence-electron chi connectivity index (χ4n) is 3.44. The Bertz CT molecular complexity index is 676. The van der Waals surface area contributed by atoms with Gasteiger partial charge in [0, 0.05) is 0 Å². The molecule has 2 aliphatic carbocycles. The van der Waals surface area contributed by atoms with Crippen molar-refractivity contribution in [3.63, 3.8) is 0 Å². The van der Waals surface area contributed by atoms with Gasteiger partial charge in [-0.3, -0.25) is 0 Å². The van der Waals surface area contributed by atoms with Crippen molar-refractivity contribution in [3.8, 4) is 0 Å². The van der Waals surface area contributed by atoms with Crippen LogP contribution in [0.3, 0.4) is 0 Å². The average Bonchev–Trinajstić information content (AvgIpc) is 3.14. The number of benzene rings is 2. The van der Waals surface area contributed by atoms with Gasteiger partial charge in [-0.25, -0.2) is 0 Å². The van der Waals surface area contributed by atoms with E-state index < -0.39 is 22.2 Å². The summed E-state index contributed by atoms with van der Waals surface area (Å²) in [4.78, 5) is 0. The molecule has 2 aliphatic rings. The van der Waals surface area contributed by atoms with E-state index in [0.29, 0.717) is 7.25 Å². The van der Waals surface area contributed by atoms with E-state index in [1.54, 1.807) is 0 Å². The summed E-state index contributed by atoms with van der Waals surface area (Å²) in [5.74, 6) is 0. The van der Waals surface area contributed by atoms with Gasteiger partial charge < -0.3 is 12.4 Å². The average molecular weight is 388 g/mol. The van der Waals surface area contributed by atoms with Gasteiger partial charge in [-0.15, -0.1) is 0 Å². The van der Waals surface area contributed by atoms with Crippen LogP contribution >= 0.6 is 0 Å². The van der Waals surface area contributed by atoms with Crippen LogP contribution in [0.1, 0.15) is 29.5 Å². The Labute approximate surface area is 146 Å². The first-order chi connectivity index (χ1) is 10.4. The minimum atomic E-state index is -2.13. The van der Waals surface area contributed by atoms with E-state index in [2.05, 4.69) is 72.8 Å². The molecule has 2 atom stereocenters. The Morgan fingerprint density at radius 3 is 1.68 bits per heavy atom. The van der Waals surface area contributed by atoms with Crippen LogP contribution in [0.5, 0.6) is 0 Å². The minimum Gasteiger partial charge on any atom is -1.00 e. The molecule has 0 bridgehead atoms. The second-order valence-corrected chi connectivity index (χ2v) is 11.6. The summed E-state index contributed by atoms with van der Waals surface area (Å²) in [6.45, 7) is 0.